The van der Waals surface area contributed by atoms with Crippen molar-refractivity contribution in [1.29, 1.82) is 0 Å². The van der Waals surface area contributed by atoms with Crippen LogP contribution in [0.25, 0.3) is 11.5 Å². The maximum atomic E-state index is 12.3. The Bertz CT molecular complexity index is 1200. The van der Waals surface area contributed by atoms with Gasteiger partial charge in [0.2, 0.25) is 5.91 Å². The maximum absolute atomic E-state index is 12.3. The second-order valence-corrected chi connectivity index (χ2v) is 9.04. The van der Waals surface area contributed by atoms with Crippen molar-refractivity contribution in [3.63, 3.8) is 0 Å². The Morgan fingerprint density at radius 1 is 1.03 bits per heavy atom. The first kappa shape index (κ1) is 21.3. The average Bonchev–Trinajstić information content (AvgIpc) is 3.39. The number of furan rings is 1. The molecule has 0 spiro atoms. The molecule has 0 radical (unpaired) electrons. The van der Waals surface area contributed by atoms with Crippen molar-refractivity contribution < 1.29 is 13.6 Å². The van der Waals surface area contributed by atoms with E-state index in [4.69, 9.17) is 8.83 Å². The molecular formula is C23H21N3O3S2. The molecule has 0 fully saturated rings. The Morgan fingerprint density at radius 2 is 1.84 bits per heavy atom. The summed E-state index contributed by atoms with van der Waals surface area (Å²) in [5.41, 5.74) is 3.98. The zero-order valence-electron chi connectivity index (χ0n) is 17.3. The highest BCUT2D eigenvalue weighted by molar-refractivity contribution is 7.99. The number of benzene rings is 2. The SMILES string of the molecule is Cc1ccc(C)c(Sc2ccc(NC(=O)CSc3nnc(-c4ccoc4C)o3)cc2)c1. The highest BCUT2D eigenvalue weighted by Crippen LogP contribution is 2.32. The molecule has 0 atom stereocenters. The molecule has 8 heteroatoms. The monoisotopic (exact) mass is 451 g/mol. The smallest absolute Gasteiger partial charge is 0.277 e. The molecule has 0 bridgehead atoms. The van der Waals surface area contributed by atoms with Crippen LogP contribution in [0, 0.1) is 20.8 Å². The Hall–Kier alpha value is -2.97. The van der Waals surface area contributed by atoms with Crippen molar-refractivity contribution in [2.24, 2.45) is 0 Å². The molecular weight excluding hydrogens is 430 g/mol. The highest BCUT2D eigenvalue weighted by atomic mass is 32.2. The van der Waals surface area contributed by atoms with Crippen molar-refractivity contribution in [3.8, 4) is 11.5 Å². The van der Waals surface area contributed by atoms with Crippen LogP contribution >= 0.6 is 23.5 Å². The van der Waals surface area contributed by atoms with Gasteiger partial charge in [-0.15, -0.1) is 10.2 Å². The average molecular weight is 452 g/mol. The van der Waals surface area contributed by atoms with Gasteiger partial charge in [-0.3, -0.25) is 4.79 Å². The van der Waals surface area contributed by atoms with E-state index in [1.165, 1.54) is 27.8 Å². The van der Waals surface area contributed by atoms with E-state index in [1.54, 1.807) is 24.1 Å². The van der Waals surface area contributed by atoms with E-state index in [-0.39, 0.29) is 11.7 Å². The topological polar surface area (TPSA) is 81.2 Å². The van der Waals surface area contributed by atoms with Crippen LogP contribution in [-0.2, 0) is 4.79 Å². The molecule has 0 aliphatic rings. The van der Waals surface area contributed by atoms with Crippen LogP contribution in [0.4, 0.5) is 5.69 Å². The number of amides is 1. The second kappa shape index (κ2) is 9.45. The summed E-state index contributed by atoms with van der Waals surface area (Å²) in [7, 11) is 0. The Kier molecular flexibility index (Phi) is 6.48. The lowest BCUT2D eigenvalue weighted by atomic mass is 10.2. The summed E-state index contributed by atoms with van der Waals surface area (Å²) in [6.07, 6.45) is 1.57. The van der Waals surface area contributed by atoms with E-state index < -0.39 is 0 Å². The molecule has 2 heterocycles. The predicted octanol–water partition coefficient (Wildman–Crippen LogP) is 6.14. The maximum Gasteiger partial charge on any atom is 0.277 e. The zero-order chi connectivity index (χ0) is 21.8. The third-order valence-electron chi connectivity index (χ3n) is 4.53. The van der Waals surface area contributed by atoms with Crippen molar-refractivity contribution in [2.75, 3.05) is 11.1 Å². The van der Waals surface area contributed by atoms with Crippen LogP contribution in [-0.4, -0.2) is 21.9 Å². The summed E-state index contributed by atoms with van der Waals surface area (Å²) < 4.78 is 10.8. The molecule has 4 aromatic rings. The minimum atomic E-state index is -0.140. The van der Waals surface area contributed by atoms with Crippen LogP contribution in [0.2, 0.25) is 0 Å². The van der Waals surface area contributed by atoms with Crippen LogP contribution in [0.15, 0.2) is 78.6 Å². The van der Waals surface area contributed by atoms with E-state index in [0.717, 1.165) is 16.1 Å². The summed E-state index contributed by atoms with van der Waals surface area (Å²) >= 11 is 2.91. The number of carbonyl (C=O) groups is 1. The molecule has 4 rings (SSSR count). The molecule has 0 unspecified atom stereocenters. The molecule has 1 N–H and O–H groups in total. The van der Waals surface area contributed by atoms with Gasteiger partial charge in [-0.1, -0.05) is 35.7 Å². The van der Waals surface area contributed by atoms with Crippen LogP contribution in [0.5, 0.6) is 0 Å². The number of aryl methyl sites for hydroxylation is 3. The number of thioether (sulfide) groups is 1. The number of anilines is 1. The van der Waals surface area contributed by atoms with Gasteiger partial charge in [0, 0.05) is 15.5 Å². The van der Waals surface area contributed by atoms with Gasteiger partial charge in [-0.2, -0.15) is 0 Å². The first-order chi connectivity index (χ1) is 15.0. The van der Waals surface area contributed by atoms with Gasteiger partial charge in [-0.05, 0) is 68.3 Å². The molecule has 1 amide bonds. The van der Waals surface area contributed by atoms with E-state index in [9.17, 15) is 4.79 Å². The summed E-state index contributed by atoms with van der Waals surface area (Å²) in [6.45, 7) is 6.02. The van der Waals surface area contributed by atoms with Crippen LogP contribution < -0.4 is 5.32 Å². The quantitative estimate of drug-likeness (QED) is 0.338. The van der Waals surface area contributed by atoms with Crippen molar-refractivity contribution in [2.45, 2.75) is 35.8 Å². The fraction of sp³-hybridized carbons (Fsp3) is 0.174. The zero-order valence-corrected chi connectivity index (χ0v) is 19.0. The van der Waals surface area contributed by atoms with Crippen molar-refractivity contribution in [3.05, 3.63) is 71.7 Å². The van der Waals surface area contributed by atoms with Crippen molar-refractivity contribution in [1.82, 2.24) is 10.2 Å². The van der Waals surface area contributed by atoms with Gasteiger partial charge in [0.05, 0.1) is 17.6 Å². The van der Waals surface area contributed by atoms with Gasteiger partial charge in [-0.25, -0.2) is 0 Å². The minimum Gasteiger partial charge on any atom is -0.469 e. The summed E-state index contributed by atoms with van der Waals surface area (Å²) in [6, 6.07) is 16.0. The molecule has 0 saturated heterocycles. The van der Waals surface area contributed by atoms with Crippen LogP contribution in [0.1, 0.15) is 16.9 Å². The Balaban J connectivity index is 1.30. The Labute approximate surface area is 188 Å². The van der Waals surface area contributed by atoms with E-state index in [0.29, 0.717) is 16.9 Å². The number of nitrogens with one attached hydrogen (secondary N) is 1. The molecule has 2 aromatic carbocycles. The molecule has 31 heavy (non-hydrogen) atoms. The minimum absolute atomic E-state index is 0.140. The first-order valence-electron chi connectivity index (χ1n) is 9.64. The molecule has 0 aliphatic heterocycles. The number of aromatic nitrogens is 2. The number of hydrogen-bond donors (Lipinski definition) is 1. The fourth-order valence-electron chi connectivity index (χ4n) is 2.86. The number of hydrogen-bond acceptors (Lipinski definition) is 7. The molecule has 2 aromatic heterocycles. The summed E-state index contributed by atoms with van der Waals surface area (Å²) in [4.78, 5) is 14.6. The third kappa shape index (κ3) is 5.39. The van der Waals surface area contributed by atoms with Gasteiger partial charge in [0.1, 0.15) is 5.76 Å². The largest absolute Gasteiger partial charge is 0.469 e. The lowest BCUT2D eigenvalue weighted by Gasteiger charge is -2.08. The Morgan fingerprint density at radius 3 is 2.58 bits per heavy atom. The molecule has 0 saturated carbocycles. The normalized spacial score (nSPS) is 10.9. The highest BCUT2D eigenvalue weighted by Gasteiger charge is 2.14. The lowest BCUT2D eigenvalue weighted by Crippen LogP contribution is -2.13. The van der Waals surface area contributed by atoms with Gasteiger partial charge in [0.25, 0.3) is 11.1 Å². The third-order valence-corrected chi connectivity index (χ3v) is 6.52. The first-order valence-corrected chi connectivity index (χ1v) is 11.4. The summed E-state index contributed by atoms with van der Waals surface area (Å²) in [5, 5.41) is 11.2. The van der Waals surface area contributed by atoms with Crippen LogP contribution in [0.3, 0.4) is 0 Å². The number of rotatable bonds is 7. The van der Waals surface area contributed by atoms with Gasteiger partial charge in [0.15, 0.2) is 0 Å². The van der Waals surface area contributed by atoms with E-state index >= 15 is 0 Å². The molecule has 0 aliphatic carbocycles. The predicted molar refractivity (Wildman–Crippen MR) is 123 cm³/mol. The summed E-state index contributed by atoms with van der Waals surface area (Å²) in [5.74, 6) is 1.12. The lowest BCUT2D eigenvalue weighted by molar-refractivity contribution is -0.113. The van der Waals surface area contributed by atoms with E-state index in [2.05, 4.69) is 47.6 Å². The van der Waals surface area contributed by atoms with Gasteiger partial charge < -0.3 is 14.2 Å². The van der Waals surface area contributed by atoms with E-state index in [1.807, 2.05) is 31.2 Å². The van der Waals surface area contributed by atoms with Gasteiger partial charge >= 0.3 is 0 Å². The van der Waals surface area contributed by atoms with Crippen molar-refractivity contribution >= 4 is 35.1 Å². The second-order valence-electron chi connectivity index (χ2n) is 7.00. The number of nitrogens with zero attached hydrogens (tertiary/aromatic N) is 2. The number of carbonyl (C=O) groups excluding carboxylic acids is 1. The molecule has 158 valence electrons. The molecule has 6 nitrogen and oxygen atoms in total. The fourth-order valence-corrected chi connectivity index (χ4v) is 4.42. The standard InChI is InChI=1S/C23H21N3O3S2/c1-14-4-5-15(2)20(12-14)31-18-8-6-17(7-9-18)24-21(27)13-30-23-26-25-22(29-23)19-10-11-28-16(19)3/h4-12H,13H2,1-3H3,(H,24,27).